The predicted molar refractivity (Wildman–Crippen MR) is 78.3 cm³/mol. The van der Waals surface area contributed by atoms with E-state index in [1.54, 1.807) is 37.3 Å². The fourth-order valence-corrected chi connectivity index (χ4v) is 2.16. The van der Waals surface area contributed by atoms with Crippen LogP contribution in [-0.4, -0.2) is 5.11 Å². The quantitative estimate of drug-likeness (QED) is 0.849. The third kappa shape index (κ3) is 3.41. The van der Waals surface area contributed by atoms with Crippen LogP contribution in [0.1, 0.15) is 24.2 Å². The van der Waals surface area contributed by atoms with E-state index in [1.165, 1.54) is 0 Å². The van der Waals surface area contributed by atoms with Crippen LogP contribution in [0.15, 0.2) is 36.4 Å². The number of benzene rings is 2. The summed E-state index contributed by atoms with van der Waals surface area (Å²) in [5.41, 5.74) is 1.69. The number of aryl methyl sites for hydroxylation is 1. The highest BCUT2D eigenvalue weighted by atomic mass is 35.5. The molecule has 0 unspecified atom stereocenters. The van der Waals surface area contributed by atoms with Crippen molar-refractivity contribution in [2.75, 3.05) is 0 Å². The average Bonchev–Trinajstić information content (AvgIpc) is 2.34. The Hall–Kier alpha value is -1.22. The zero-order valence-corrected chi connectivity index (χ0v) is 12.2. The van der Waals surface area contributed by atoms with Crippen molar-refractivity contribution < 1.29 is 9.84 Å². The van der Waals surface area contributed by atoms with E-state index < -0.39 is 6.10 Å². The minimum atomic E-state index is -0.552. The lowest BCUT2D eigenvalue weighted by atomic mass is 10.1. The van der Waals surface area contributed by atoms with Crippen LogP contribution in [0.5, 0.6) is 11.5 Å². The fourth-order valence-electron chi connectivity index (χ4n) is 1.71. The number of aliphatic hydroxyl groups excluding tert-OH is 1. The summed E-state index contributed by atoms with van der Waals surface area (Å²) in [5, 5.41) is 10.6. The number of halogens is 2. The molecule has 0 aliphatic heterocycles. The summed E-state index contributed by atoms with van der Waals surface area (Å²) in [7, 11) is 0. The molecule has 0 amide bonds. The van der Waals surface area contributed by atoms with Gasteiger partial charge in [0.15, 0.2) is 0 Å². The van der Waals surface area contributed by atoms with Crippen LogP contribution in [0.3, 0.4) is 0 Å². The molecule has 0 saturated heterocycles. The molecule has 0 heterocycles. The molecular weight excluding hydrogens is 283 g/mol. The summed E-state index contributed by atoms with van der Waals surface area (Å²) in [6.45, 7) is 3.61. The highest BCUT2D eigenvalue weighted by molar-refractivity contribution is 6.32. The van der Waals surface area contributed by atoms with Gasteiger partial charge in [0.2, 0.25) is 0 Å². The maximum atomic E-state index is 9.49. The smallest absolute Gasteiger partial charge is 0.146 e. The second kappa shape index (κ2) is 5.83. The first-order valence-electron chi connectivity index (χ1n) is 5.89. The molecule has 0 aliphatic rings. The molecule has 4 heteroatoms. The molecule has 0 spiro atoms. The van der Waals surface area contributed by atoms with Crippen molar-refractivity contribution in [1.29, 1.82) is 0 Å². The molecule has 0 saturated carbocycles. The highest BCUT2D eigenvalue weighted by Crippen LogP contribution is 2.33. The summed E-state index contributed by atoms with van der Waals surface area (Å²) >= 11 is 12.0. The number of ether oxygens (including phenoxy) is 1. The van der Waals surface area contributed by atoms with E-state index in [1.807, 2.05) is 13.0 Å². The Balaban J connectivity index is 2.28. The average molecular weight is 297 g/mol. The monoisotopic (exact) mass is 296 g/mol. The minimum absolute atomic E-state index is 0.466. The molecule has 0 fully saturated rings. The molecule has 2 aromatic carbocycles. The van der Waals surface area contributed by atoms with Crippen LogP contribution < -0.4 is 4.74 Å². The third-order valence-electron chi connectivity index (χ3n) is 2.80. The van der Waals surface area contributed by atoms with Crippen molar-refractivity contribution in [2.45, 2.75) is 20.0 Å². The first-order valence-corrected chi connectivity index (χ1v) is 6.64. The molecule has 0 aliphatic carbocycles. The zero-order valence-electron chi connectivity index (χ0n) is 10.7. The van der Waals surface area contributed by atoms with Crippen molar-refractivity contribution in [3.63, 3.8) is 0 Å². The van der Waals surface area contributed by atoms with Crippen LogP contribution in [0, 0.1) is 6.92 Å². The van der Waals surface area contributed by atoms with E-state index in [9.17, 15) is 5.11 Å². The Morgan fingerprint density at radius 3 is 2.32 bits per heavy atom. The van der Waals surface area contributed by atoms with Gasteiger partial charge in [-0.05, 0) is 55.3 Å². The number of hydrogen-bond donors (Lipinski definition) is 1. The molecule has 0 radical (unpaired) electrons. The molecule has 19 heavy (non-hydrogen) atoms. The van der Waals surface area contributed by atoms with Gasteiger partial charge in [0, 0.05) is 5.02 Å². The molecule has 0 aromatic heterocycles. The van der Waals surface area contributed by atoms with Crippen molar-refractivity contribution in [3.8, 4) is 11.5 Å². The molecule has 2 rings (SSSR count). The van der Waals surface area contributed by atoms with Gasteiger partial charge in [-0.3, -0.25) is 0 Å². The Morgan fingerprint density at radius 2 is 1.74 bits per heavy atom. The van der Waals surface area contributed by atoms with Gasteiger partial charge in [0.25, 0.3) is 0 Å². The van der Waals surface area contributed by atoms with Gasteiger partial charge in [-0.2, -0.15) is 0 Å². The Labute approximate surface area is 122 Å². The topological polar surface area (TPSA) is 29.5 Å². The molecular formula is C15H14Cl2O2. The summed E-state index contributed by atoms with van der Waals surface area (Å²) in [6.07, 6.45) is -0.552. The second-order valence-electron chi connectivity index (χ2n) is 4.38. The molecule has 2 aromatic rings. The van der Waals surface area contributed by atoms with Gasteiger partial charge in [-0.25, -0.2) is 0 Å². The Morgan fingerprint density at radius 1 is 1.05 bits per heavy atom. The van der Waals surface area contributed by atoms with Crippen molar-refractivity contribution in [2.24, 2.45) is 0 Å². The van der Waals surface area contributed by atoms with Gasteiger partial charge in [0.05, 0.1) is 11.1 Å². The molecule has 2 nitrogen and oxygen atoms in total. The van der Waals surface area contributed by atoms with Crippen molar-refractivity contribution in [3.05, 3.63) is 57.6 Å². The summed E-state index contributed by atoms with van der Waals surface area (Å²) in [6, 6.07) is 10.6. The maximum absolute atomic E-state index is 9.49. The number of aliphatic hydroxyl groups is 1. The summed E-state index contributed by atoms with van der Waals surface area (Å²) < 4.78 is 5.76. The SMILES string of the molecule is Cc1cc(Cl)ccc1Oc1ccc([C@@H](C)O)cc1Cl. The maximum Gasteiger partial charge on any atom is 0.146 e. The molecule has 0 bridgehead atoms. The lowest BCUT2D eigenvalue weighted by Gasteiger charge is -2.12. The zero-order chi connectivity index (χ0) is 14.0. The lowest BCUT2D eigenvalue weighted by Crippen LogP contribution is -1.93. The molecule has 100 valence electrons. The second-order valence-corrected chi connectivity index (χ2v) is 5.22. The van der Waals surface area contributed by atoms with Gasteiger partial charge >= 0.3 is 0 Å². The van der Waals surface area contributed by atoms with E-state index in [0.29, 0.717) is 21.5 Å². The number of hydrogen-bond acceptors (Lipinski definition) is 2. The first kappa shape index (κ1) is 14.2. The van der Waals surface area contributed by atoms with Gasteiger partial charge < -0.3 is 9.84 Å². The predicted octanol–water partition coefficient (Wildman–Crippen LogP) is 5.15. The van der Waals surface area contributed by atoms with Crippen LogP contribution in [0.25, 0.3) is 0 Å². The van der Waals surface area contributed by atoms with Gasteiger partial charge in [0.1, 0.15) is 11.5 Å². The van der Waals surface area contributed by atoms with Crippen LogP contribution in [0.4, 0.5) is 0 Å². The van der Waals surface area contributed by atoms with Crippen molar-refractivity contribution >= 4 is 23.2 Å². The number of rotatable bonds is 3. The minimum Gasteiger partial charge on any atom is -0.456 e. The van der Waals surface area contributed by atoms with Gasteiger partial charge in [-0.1, -0.05) is 29.3 Å². The van der Waals surface area contributed by atoms with E-state index >= 15 is 0 Å². The fraction of sp³-hybridized carbons (Fsp3) is 0.200. The van der Waals surface area contributed by atoms with E-state index in [4.69, 9.17) is 27.9 Å². The lowest BCUT2D eigenvalue weighted by molar-refractivity contribution is 0.199. The summed E-state index contributed by atoms with van der Waals surface area (Å²) in [5.74, 6) is 1.26. The van der Waals surface area contributed by atoms with Gasteiger partial charge in [-0.15, -0.1) is 0 Å². The van der Waals surface area contributed by atoms with Crippen LogP contribution >= 0.6 is 23.2 Å². The van der Waals surface area contributed by atoms with Crippen molar-refractivity contribution in [1.82, 2.24) is 0 Å². The normalized spacial score (nSPS) is 12.3. The third-order valence-corrected chi connectivity index (χ3v) is 3.33. The first-order chi connectivity index (χ1) is 8.97. The largest absolute Gasteiger partial charge is 0.456 e. The summed E-state index contributed by atoms with van der Waals surface area (Å²) in [4.78, 5) is 0. The standard InChI is InChI=1S/C15H14Cl2O2/c1-9-7-12(16)4-6-14(9)19-15-5-3-11(10(2)18)8-13(15)17/h3-8,10,18H,1-2H3/t10-/m1/s1. The van der Waals surface area contributed by atoms with Crippen LogP contribution in [-0.2, 0) is 0 Å². The van der Waals surface area contributed by atoms with E-state index in [0.717, 1.165) is 11.1 Å². The highest BCUT2D eigenvalue weighted by Gasteiger charge is 2.09. The Kier molecular flexibility index (Phi) is 4.35. The molecule has 1 atom stereocenters. The Bertz CT molecular complexity index is 595. The van der Waals surface area contributed by atoms with E-state index in [-0.39, 0.29) is 0 Å². The van der Waals surface area contributed by atoms with E-state index in [2.05, 4.69) is 0 Å². The van der Waals surface area contributed by atoms with Crippen LogP contribution in [0.2, 0.25) is 10.0 Å². The molecule has 1 N–H and O–H groups in total.